The highest BCUT2D eigenvalue weighted by Gasteiger charge is 2.24. The van der Waals surface area contributed by atoms with E-state index in [2.05, 4.69) is 21.3 Å². The van der Waals surface area contributed by atoms with Gasteiger partial charge >= 0.3 is 5.97 Å². The highest BCUT2D eigenvalue weighted by molar-refractivity contribution is 5.96. The normalized spacial score (nSPS) is 20.1. The van der Waals surface area contributed by atoms with Crippen LogP contribution >= 0.6 is 0 Å². The van der Waals surface area contributed by atoms with Crippen molar-refractivity contribution >= 4 is 11.9 Å². The van der Waals surface area contributed by atoms with Gasteiger partial charge in [-0.1, -0.05) is 0 Å². The molecule has 6 nitrogen and oxygen atoms in total. The van der Waals surface area contributed by atoms with E-state index >= 15 is 0 Å². The van der Waals surface area contributed by atoms with Crippen molar-refractivity contribution in [2.75, 3.05) is 7.11 Å². The number of hydrogen-bond acceptors (Lipinski definition) is 4. The van der Waals surface area contributed by atoms with Crippen molar-refractivity contribution in [1.29, 1.82) is 0 Å². The fourth-order valence-corrected chi connectivity index (χ4v) is 3.26. The van der Waals surface area contributed by atoms with Crippen molar-refractivity contribution < 1.29 is 14.3 Å². The Balaban J connectivity index is 1.53. The maximum Gasteiger partial charge on any atom is 0.337 e. The number of esters is 1. The van der Waals surface area contributed by atoms with Gasteiger partial charge in [-0.2, -0.15) is 5.10 Å². The summed E-state index contributed by atoms with van der Waals surface area (Å²) < 4.78 is 6.70. The molecule has 1 aliphatic carbocycles. The molecule has 1 N–H and O–H groups in total. The van der Waals surface area contributed by atoms with Gasteiger partial charge in [0.2, 0.25) is 0 Å². The number of aryl methyl sites for hydroxylation is 1. The van der Waals surface area contributed by atoms with Crippen LogP contribution in [0, 0.1) is 6.92 Å². The lowest BCUT2D eigenvalue weighted by Crippen LogP contribution is -2.38. The average Bonchev–Trinajstić information content (AvgIpc) is 3.08. The molecule has 1 saturated carbocycles. The molecule has 0 atom stereocenters. The molecule has 0 spiro atoms. The van der Waals surface area contributed by atoms with Crippen molar-refractivity contribution in [2.24, 2.45) is 0 Å². The predicted octanol–water partition coefficient (Wildman–Crippen LogP) is 2.89. The summed E-state index contributed by atoms with van der Waals surface area (Å²) in [4.78, 5) is 23.8. The Hall–Kier alpha value is -2.63. The summed E-state index contributed by atoms with van der Waals surface area (Å²) in [5.41, 5.74) is 2.16. The minimum absolute atomic E-state index is 0.102. The Kier molecular flexibility index (Phi) is 5.16. The minimum Gasteiger partial charge on any atom is -0.465 e. The van der Waals surface area contributed by atoms with E-state index in [4.69, 9.17) is 0 Å². The van der Waals surface area contributed by atoms with Crippen LogP contribution in [0.1, 0.15) is 58.0 Å². The van der Waals surface area contributed by atoms with E-state index in [1.807, 2.05) is 17.8 Å². The van der Waals surface area contributed by atoms with E-state index in [0.29, 0.717) is 17.2 Å². The van der Waals surface area contributed by atoms with Crippen molar-refractivity contribution in [3.05, 3.63) is 53.3 Å². The number of rotatable bonds is 4. The van der Waals surface area contributed by atoms with Crippen LogP contribution in [0.25, 0.3) is 0 Å². The number of amides is 1. The minimum atomic E-state index is -0.404. The zero-order chi connectivity index (χ0) is 17.8. The number of carbonyl (C=O) groups excluding carboxylic acids is 2. The van der Waals surface area contributed by atoms with Crippen LogP contribution in [0.5, 0.6) is 0 Å². The Morgan fingerprint density at radius 3 is 2.32 bits per heavy atom. The fraction of sp³-hybridized carbons (Fsp3) is 0.421. The first-order valence-electron chi connectivity index (χ1n) is 8.57. The molecule has 0 unspecified atom stereocenters. The average molecular weight is 341 g/mol. The standard InChI is InChI=1S/C19H23N3O3/c1-13-11-20-22(12-13)17-9-7-16(8-10-17)21-18(23)14-3-5-15(6-4-14)19(24)25-2/h3-6,11-12,16-17H,7-10H2,1-2H3,(H,21,23). The Morgan fingerprint density at radius 2 is 1.76 bits per heavy atom. The number of benzene rings is 1. The number of carbonyl (C=O) groups is 2. The van der Waals surface area contributed by atoms with E-state index in [-0.39, 0.29) is 11.9 Å². The molecule has 0 saturated heterocycles. The van der Waals surface area contributed by atoms with E-state index < -0.39 is 5.97 Å². The van der Waals surface area contributed by atoms with Crippen LogP contribution in [0.15, 0.2) is 36.7 Å². The van der Waals surface area contributed by atoms with Crippen molar-refractivity contribution in [3.63, 3.8) is 0 Å². The summed E-state index contributed by atoms with van der Waals surface area (Å²) in [6.45, 7) is 2.04. The van der Waals surface area contributed by atoms with E-state index in [0.717, 1.165) is 25.7 Å². The van der Waals surface area contributed by atoms with E-state index in [1.54, 1.807) is 24.3 Å². The maximum atomic E-state index is 12.4. The van der Waals surface area contributed by atoms with Crippen LogP contribution in [0.2, 0.25) is 0 Å². The highest BCUT2D eigenvalue weighted by Crippen LogP contribution is 2.28. The Bertz CT molecular complexity index is 744. The zero-order valence-corrected chi connectivity index (χ0v) is 14.6. The molecule has 1 amide bonds. The molecule has 0 bridgehead atoms. The van der Waals surface area contributed by atoms with Gasteiger partial charge in [0.05, 0.1) is 24.9 Å². The Labute approximate surface area is 147 Å². The highest BCUT2D eigenvalue weighted by atomic mass is 16.5. The molecule has 1 aliphatic rings. The molecule has 2 aromatic rings. The van der Waals surface area contributed by atoms with Crippen LogP contribution in [0.4, 0.5) is 0 Å². The summed E-state index contributed by atoms with van der Waals surface area (Å²) in [7, 11) is 1.34. The third kappa shape index (κ3) is 4.07. The lowest BCUT2D eigenvalue weighted by atomic mass is 9.91. The molecular weight excluding hydrogens is 318 g/mol. The number of nitrogens with zero attached hydrogens (tertiary/aromatic N) is 2. The topological polar surface area (TPSA) is 73.2 Å². The molecule has 6 heteroatoms. The molecule has 25 heavy (non-hydrogen) atoms. The second kappa shape index (κ2) is 7.51. The molecular formula is C19H23N3O3. The third-order valence-corrected chi connectivity index (χ3v) is 4.70. The summed E-state index contributed by atoms with van der Waals surface area (Å²) in [5.74, 6) is -0.506. The SMILES string of the molecule is COC(=O)c1ccc(C(=O)NC2CCC(n3cc(C)cn3)CC2)cc1. The van der Waals surface area contributed by atoms with E-state index in [9.17, 15) is 9.59 Å². The molecule has 1 fully saturated rings. The second-order valence-electron chi connectivity index (χ2n) is 6.55. The molecule has 1 aromatic heterocycles. The number of aromatic nitrogens is 2. The first kappa shape index (κ1) is 17.2. The van der Waals surface area contributed by atoms with Crippen LogP contribution in [-0.2, 0) is 4.74 Å². The first-order valence-corrected chi connectivity index (χ1v) is 8.57. The fourth-order valence-electron chi connectivity index (χ4n) is 3.26. The lowest BCUT2D eigenvalue weighted by Gasteiger charge is -2.29. The smallest absolute Gasteiger partial charge is 0.337 e. The summed E-state index contributed by atoms with van der Waals surface area (Å²) in [6, 6.07) is 7.12. The molecule has 0 aliphatic heterocycles. The number of ether oxygens (including phenoxy) is 1. The molecule has 3 rings (SSSR count). The van der Waals surface area contributed by atoms with Gasteiger partial charge in [-0.15, -0.1) is 0 Å². The van der Waals surface area contributed by atoms with Gasteiger partial charge in [0.15, 0.2) is 0 Å². The largest absolute Gasteiger partial charge is 0.465 e. The number of nitrogens with one attached hydrogen (secondary N) is 1. The molecule has 1 heterocycles. The second-order valence-corrected chi connectivity index (χ2v) is 6.55. The Morgan fingerprint density at radius 1 is 1.12 bits per heavy atom. The summed E-state index contributed by atoms with van der Waals surface area (Å²) in [5, 5.41) is 7.48. The zero-order valence-electron chi connectivity index (χ0n) is 14.6. The van der Waals surface area contributed by atoms with Crippen molar-refractivity contribution in [1.82, 2.24) is 15.1 Å². The molecule has 132 valence electrons. The van der Waals surface area contributed by atoms with Gasteiger partial charge in [-0.05, 0) is 62.4 Å². The van der Waals surface area contributed by atoms with Gasteiger partial charge in [0, 0.05) is 17.8 Å². The van der Waals surface area contributed by atoms with Gasteiger partial charge in [-0.3, -0.25) is 9.48 Å². The van der Waals surface area contributed by atoms with Crippen LogP contribution in [-0.4, -0.2) is 34.8 Å². The quantitative estimate of drug-likeness (QED) is 0.868. The van der Waals surface area contributed by atoms with Crippen LogP contribution in [0.3, 0.4) is 0 Å². The monoisotopic (exact) mass is 341 g/mol. The molecule has 1 aromatic carbocycles. The summed E-state index contributed by atoms with van der Waals surface area (Å²) in [6.07, 6.45) is 7.85. The van der Waals surface area contributed by atoms with Gasteiger partial charge in [0.25, 0.3) is 5.91 Å². The third-order valence-electron chi connectivity index (χ3n) is 4.70. The first-order chi connectivity index (χ1) is 12.1. The number of methoxy groups -OCH3 is 1. The predicted molar refractivity (Wildman–Crippen MR) is 93.5 cm³/mol. The van der Waals surface area contributed by atoms with E-state index in [1.165, 1.54) is 12.7 Å². The van der Waals surface area contributed by atoms with Gasteiger partial charge in [-0.25, -0.2) is 4.79 Å². The van der Waals surface area contributed by atoms with Gasteiger partial charge < -0.3 is 10.1 Å². The van der Waals surface area contributed by atoms with Crippen molar-refractivity contribution in [2.45, 2.75) is 44.7 Å². The summed E-state index contributed by atoms with van der Waals surface area (Å²) >= 11 is 0. The number of hydrogen-bond donors (Lipinski definition) is 1. The van der Waals surface area contributed by atoms with Crippen molar-refractivity contribution in [3.8, 4) is 0 Å². The van der Waals surface area contributed by atoms with Crippen LogP contribution < -0.4 is 5.32 Å². The molecule has 0 radical (unpaired) electrons. The maximum absolute atomic E-state index is 12.4. The lowest BCUT2D eigenvalue weighted by molar-refractivity contribution is 0.0600. The van der Waals surface area contributed by atoms with Gasteiger partial charge in [0.1, 0.15) is 0 Å².